The molecule has 1 amide bonds. The van der Waals surface area contributed by atoms with Gasteiger partial charge in [0.1, 0.15) is 0 Å². The Labute approximate surface area is 181 Å². The molecule has 0 N–H and O–H groups in total. The first-order valence-electron chi connectivity index (χ1n) is 9.64. The summed E-state index contributed by atoms with van der Waals surface area (Å²) in [5, 5.41) is 0. The van der Waals surface area contributed by atoms with Crippen LogP contribution in [0.15, 0.2) is 43.0 Å². The Bertz CT molecular complexity index is 854. The first-order chi connectivity index (χ1) is 14.0. The van der Waals surface area contributed by atoms with Gasteiger partial charge in [0.05, 0.1) is 31.1 Å². The number of rotatable bonds is 9. The molecule has 1 aliphatic heterocycles. The molecule has 2 heterocycles. The van der Waals surface area contributed by atoms with Crippen molar-refractivity contribution in [1.82, 2.24) is 9.80 Å². The second-order valence-electron chi connectivity index (χ2n) is 7.02. The largest absolute Gasteiger partial charge is 0.493 e. The van der Waals surface area contributed by atoms with Crippen LogP contribution in [-0.4, -0.2) is 49.6 Å². The van der Waals surface area contributed by atoms with E-state index in [1.165, 1.54) is 0 Å². The highest BCUT2D eigenvalue weighted by atomic mass is 35.5. The first kappa shape index (κ1) is 21.7. The van der Waals surface area contributed by atoms with E-state index in [0.29, 0.717) is 31.1 Å². The molecule has 1 aliphatic rings. The molecule has 29 heavy (non-hydrogen) atoms. The maximum absolute atomic E-state index is 13.2. The average molecular weight is 435 g/mol. The number of carbonyl (C=O) groups is 1. The molecule has 1 atom stereocenters. The molecular formula is C22H27ClN2O3S. The van der Waals surface area contributed by atoms with E-state index in [0.717, 1.165) is 34.2 Å². The van der Waals surface area contributed by atoms with Crippen LogP contribution in [0.1, 0.15) is 29.3 Å². The summed E-state index contributed by atoms with van der Waals surface area (Å²) in [4.78, 5) is 18.4. The lowest BCUT2D eigenvalue weighted by molar-refractivity contribution is -0.133. The summed E-state index contributed by atoms with van der Waals surface area (Å²) >= 11 is 7.59. The van der Waals surface area contributed by atoms with Crippen molar-refractivity contribution in [2.75, 3.05) is 33.9 Å². The van der Waals surface area contributed by atoms with Crippen LogP contribution in [0.4, 0.5) is 0 Å². The maximum Gasteiger partial charge on any atom is 0.237 e. The molecule has 1 unspecified atom stereocenters. The Balaban J connectivity index is 1.72. The number of benzene rings is 1. The number of halogens is 1. The summed E-state index contributed by atoms with van der Waals surface area (Å²) < 4.78 is 11.5. The molecule has 5 nitrogen and oxygen atoms in total. The van der Waals surface area contributed by atoms with Crippen LogP contribution in [0.3, 0.4) is 0 Å². The van der Waals surface area contributed by atoms with Gasteiger partial charge in [-0.3, -0.25) is 9.69 Å². The van der Waals surface area contributed by atoms with Crippen LogP contribution in [0.2, 0.25) is 4.34 Å². The molecule has 0 saturated carbocycles. The average Bonchev–Trinajstić information content (AvgIpc) is 3.36. The van der Waals surface area contributed by atoms with Crippen molar-refractivity contribution in [2.24, 2.45) is 0 Å². The smallest absolute Gasteiger partial charge is 0.237 e. The molecule has 1 aromatic carbocycles. The predicted molar refractivity (Wildman–Crippen MR) is 118 cm³/mol. The second kappa shape index (κ2) is 10.1. The van der Waals surface area contributed by atoms with E-state index in [-0.39, 0.29) is 11.9 Å². The summed E-state index contributed by atoms with van der Waals surface area (Å²) in [5.41, 5.74) is 1.08. The van der Waals surface area contributed by atoms with Gasteiger partial charge in [-0.1, -0.05) is 23.7 Å². The lowest BCUT2D eigenvalue weighted by Crippen LogP contribution is -2.39. The van der Waals surface area contributed by atoms with Gasteiger partial charge in [0, 0.05) is 24.5 Å². The van der Waals surface area contributed by atoms with Crippen LogP contribution in [0, 0.1) is 0 Å². The number of hydrogen-bond acceptors (Lipinski definition) is 5. The molecule has 2 aromatic rings. The number of amides is 1. The molecule has 7 heteroatoms. The van der Waals surface area contributed by atoms with Crippen molar-refractivity contribution >= 4 is 28.8 Å². The summed E-state index contributed by atoms with van der Waals surface area (Å²) in [6, 6.07) is 9.86. The normalized spacial score (nSPS) is 16.3. The van der Waals surface area contributed by atoms with Crippen LogP contribution in [0.25, 0.3) is 0 Å². The molecule has 3 rings (SSSR count). The predicted octanol–water partition coefficient (Wildman–Crippen LogP) is 4.77. The van der Waals surface area contributed by atoms with Gasteiger partial charge in [-0.2, -0.15) is 0 Å². The van der Waals surface area contributed by atoms with E-state index < -0.39 is 0 Å². The van der Waals surface area contributed by atoms with Gasteiger partial charge in [0.25, 0.3) is 0 Å². The minimum atomic E-state index is 0.0593. The fraction of sp³-hybridized carbons (Fsp3) is 0.409. The van der Waals surface area contributed by atoms with Crippen LogP contribution >= 0.6 is 22.9 Å². The third kappa shape index (κ3) is 5.32. The number of methoxy groups -OCH3 is 2. The first-order valence-corrected chi connectivity index (χ1v) is 10.8. The van der Waals surface area contributed by atoms with E-state index in [9.17, 15) is 4.79 Å². The number of thiophene rings is 1. The van der Waals surface area contributed by atoms with Gasteiger partial charge < -0.3 is 14.4 Å². The lowest BCUT2D eigenvalue weighted by Gasteiger charge is -2.28. The molecule has 0 bridgehead atoms. The van der Waals surface area contributed by atoms with E-state index in [1.54, 1.807) is 25.6 Å². The van der Waals surface area contributed by atoms with E-state index in [2.05, 4.69) is 11.5 Å². The number of likely N-dealkylation sites (tertiary alicyclic amines) is 1. The summed E-state index contributed by atoms with van der Waals surface area (Å²) in [5.74, 6) is 1.51. The van der Waals surface area contributed by atoms with Crippen LogP contribution < -0.4 is 9.47 Å². The van der Waals surface area contributed by atoms with Crippen molar-refractivity contribution in [2.45, 2.75) is 25.4 Å². The van der Waals surface area contributed by atoms with Crippen molar-refractivity contribution in [1.29, 1.82) is 0 Å². The molecular weight excluding hydrogens is 408 g/mol. The minimum Gasteiger partial charge on any atom is -0.493 e. The fourth-order valence-corrected chi connectivity index (χ4v) is 4.91. The zero-order valence-corrected chi connectivity index (χ0v) is 18.5. The standard InChI is InChI=1S/C22H27ClN2O3S/c1-4-11-24(14-17-8-10-21(23)29-17)15-22(26)25-12-5-6-18(25)16-7-9-19(27-2)20(13-16)28-3/h4,7-10,13,18H,1,5-6,11-12,14-15H2,2-3H3. The molecule has 1 aromatic heterocycles. The van der Waals surface area contributed by atoms with Crippen LogP contribution in [0.5, 0.6) is 11.5 Å². The number of ether oxygens (including phenoxy) is 2. The van der Waals surface area contributed by atoms with E-state index in [4.69, 9.17) is 21.1 Å². The topological polar surface area (TPSA) is 42.0 Å². The zero-order chi connectivity index (χ0) is 20.8. The van der Waals surface area contributed by atoms with Crippen molar-refractivity contribution in [3.05, 3.63) is 57.8 Å². The molecule has 1 fully saturated rings. The molecule has 156 valence electrons. The summed E-state index contributed by atoms with van der Waals surface area (Å²) in [7, 11) is 3.25. The number of hydrogen-bond donors (Lipinski definition) is 0. The summed E-state index contributed by atoms with van der Waals surface area (Å²) in [6.45, 7) is 6.29. The highest BCUT2D eigenvalue weighted by Gasteiger charge is 2.31. The second-order valence-corrected chi connectivity index (χ2v) is 8.82. The van der Waals surface area contributed by atoms with Gasteiger partial charge >= 0.3 is 0 Å². The Morgan fingerprint density at radius 1 is 1.31 bits per heavy atom. The van der Waals surface area contributed by atoms with Gasteiger partial charge in [-0.15, -0.1) is 17.9 Å². The molecule has 1 saturated heterocycles. The van der Waals surface area contributed by atoms with Crippen LogP contribution in [-0.2, 0) is 11.3 Å². The Kier molecular flexibility index (Phi) is 7.58. The SMILES string of the molecule is C=CCN(CC(=O)N1CCCC1c1ccc(OC)c(OC)c1)Cc1ccc(Cl)s1. The van der Waals surface area contributed by atoms with Crippen molar-refractivity contribution < 1.29 is 14.3 Å². The Hall–Kier alpha value is -2.02. The van der Waals surface area contributed by atoms with Gasteiger partial charge in [0.15, 0.2) is 11.5 Å². The third-order valence-corrected chi connectivity index (χ3v) is 6.34. The Morgan fingerprint density at radius 2 is 2.10 bits per heavy atom. The molecule has 0 spiro atoms. The quantitative estimate of drug-likeness (QED) is 0.533. The maximum atomic E-state index is 13.2. The molecule has 0 aliphatic carbocycles. The van der Waals surface area contributed by atoms with Gasteiger partial charge in [-0.05, 0) is 42.7 Å². The highest BCUT2D eigenvalue weighted by molar-refractivity contribution is 7.16. The van der Waals surface area contributed by atoms with E-state index in [1.807, 2.05) is 41.3 Å². The van der Waals surface area contributed by atoms with Crippen molar-refractivity contribution in [3.8, 4) is 11.5 Å². The van der Waals surface area contributed by atoms with Gasteiger partial charge in [-0.25, -0.2) is 0 Å². The lowest BCUT2D eigenvalue weighted by atomic mass is 10.0. The fourth-order valence-electron chi connectivity index (χ4n) is 3.78. The summed E-state index contributed by atoms with van der Waals surface area (Å²) in [6.07, 6.45) is 3.77. The third-order valence-electron chi connectivity index (χ3n) is 5.12. The van der Waals surface area contributed by atoms with Gasteiger partial charge in [0.2, 0.25) is 5.91 Å². The monoisotopic (exact) mass is 434 g/mol. The Morgan fingerprint density at radius 3 is 2.76 bits per heavy atom. The number of nitrogens with zero attached hydrogens (tertiary/aromatic N) is 2. The highest BCUT2D eigenvalue weighted by Crippen LogP contribution is 2.37. The van der Waals surface area contributed by atoms with E-state index >= 15 is 0 Å². The molecule has 0 radical (unpaired) electrons. The number of carbonyl (C=O) groups excluding carboxylic acids is 1. The minimum absolute atomic E-state index is 0.0593. The zero-order valence-electron chi connectivity index (χ0n) is 16.9. The van der Waals surface area contributed by atoms with Crippen molar-refractivity contribution in [3.63, 3.8) is 0 Å².